The number of unbranched alkanes of at least 4 members (excludes halogenated alkanes) is 1. The summed E-state index contributed by atoms with van der Waals surface area (Å²) in [6, 6.07) is 31.4. The Kier molecular flexibility index (Phi) is 10.2. The highest BCUT2D eigenvalue weighted by atomic mass is 79.9. The van der Waals surface area contributed by atoms with Crippen LogP contribution in [-0.4, -0.2) is 14.9 Å². The molecule has 0 N–H and O–H groups in total. The van der Waals surface area contributed by atoms with Crippen LogP contribution in [0.5, 0.6) is 0 Å². The molecule has 0 aromatic heterocycles. The van der Waals surface area contributed by atoms with Gasteiger partial charge in [0.25, 0.3) is 8.32 Å². The van der Waals surface area contributed by atoms with E-state index in [1.165, 1.54) is 10.4 Å². The first-order valence-corrected chi connectivity index (χ1v) is 15.2. The van der Waals surface area contributed by atoms with Gasteiger partial charge in [0, 0.05) is 18.6 Å². The van der Waals surface area contributed by atoms with Crippen LogP contribution in [0.2, 0.25) is 5.04 Å². The lowest BCUT2D eigenvalue weighted by molar-refractivity contribution is 0.293. The highest BCUT2D eigenvalue weighted by Crippen LogP contribution is 2.36. The van der Waals surface area contributed by atoms with Gasteiger partial charge in [-0.3, -0.25) is 0 Å². The Bertz CT molecular complexity index is 1200. The maximum Gasteiger partial charge on any atom is 0.261 e. The van der Waals surface area contributed by atoms with E-state index in [9.17, 15) is 0 Å². The van der Waals surface area contributed by atoms with Gasteiger partial charge in [0.2, 0.25) is 0 Å². The quantitative estimate of drug-likeness (QED) is 0.162. The molecule has 0 aliphatic heterocycles. The molecule has 0 radical (unpaired) electrons. The van der Waals surface area contributed by atoms with Crippen LogP contribution >= 0.6 is 31.9 Å². The van der Waals surface area contributed by atoms with Crippen molar-refractivity contribution in [3.63, 3.8) is 0 Å². The maximum atomic E-state index is 6.94. The summed E-state index contributed by atoms with van der Waals surface area (Å²) in [6.45, 7) is 7.56. The van der Waals surface area contributed by atoms with E-state index in [4.69, 9.17) is 4.43 Å². The summed E-state index contributed by atoms with van der Waals surface area (Å²) in [5, 5.41) is 2.58. The summed E-state index contributed by atoms with van der Waals surface area (Å²) < 4.78 is 7.71. The molecule has 0 atom stereocenters. The number of hydrogen-bond acceptors (Lipinski definition) is 1. The van der Waals surface area contributed by atoms with Gasteiger partial charge in [-0.2, -0.15) is 0 Å². The number of benzene rings is 3. The molecule has 178 valence electrons. The van der Waals surface area contributed by atoms with E-state index in [1.54, 1.807) is 0 Å². The zero-order chi connectivity index (χ0) is 25.2. The average Bonchev–Trinajstić information content (AvgIpc) is 2.86. The normalized spacial score (nSPS) is 11.0. The molecule has 0 amide bonds. The molecule has 0 saturated carbocycles. The monoisotopic (exact) mass is 604 g/mol. The van der Waals surface area contributed by atoms with Gasteiger partial charge >= 0.3 is 0 Å². The smallest absolute Gasteiger partial charge is 0.261 e. The average molecular weight is 606 g/mol. The van der Waals surface area contributed by atoms with Gasteiger partial charge in [0.05, 0.1) is 8.96 Å². The lowest BCUT2D eigenvalue weighted by Crippen LogP contribution is -2.66. The van der Waals surface area contributed by atoms with E-state index in [0.717, 1.165) is 27.4 Å². The van der Waals surface area contributed by atoms with Crippen molar-refractivity contribution in [2.45, 2.75) is 38.7 Å². The SMILES string of the molecule is CC(C)(C)[Si](OCCCC#CC(C#Cc1ccccc1)=C(Br)Br)(c1ccccc1)c1ccccc1. The van der Waals surface area contributed by atoms with Gasteiger partial charge in [-0.25, -0.2) is 0 Å². The lowest BCUT2D eigenvalue weighted by atomic mass is 10.2. The Morgan fingerprint density at radius 2 is 1.29 bits per heavy atom. The summed E-state index contributed by atoms with van der Waals surface area (Å²) >= 11 is 6.94. The summed E-state index contributed by atoms with van der Waals surface area (Å²) in [5.74, 6) is 12.8. The lowest BCUT2D eigenvalue weighted by Gasteiger charge is -2.43. The van der Waals surface area contributed by atoms with Crippen molar-refractivity contribution in [1.29, 1.82) is 0 Å². The molecular weight excluding hydrogens is 576 g/mol. The molecule has 0 fully saturated rings. The molecule has 4 heteroatoms. The van der Waals surface area contributed by atoms with E-state index >= 15 is 0 Å². The van der Waals surface area contributed by atoms with Crippen LogP contribution in [-0.2, 0) is 4.43 Å². The molecular formula is C31H30Br2OSi. The summed E-state index contributed by atoms with van der Waals surface area (Å²) in [4.78, 5) is 0. The second kappa shape index (κ2) is 13.1. The highest BCUT2D eigenvalue weighted by Gasteiger charge is 2.49. The molecule has 35 heavy (non-hydrogen) atoms. The Morgan fingerprint density at radius 1 is 0.771 bits per heavy atom. The Labute approximate surface area is 228 Å². The second-order valence-corrected chi connectivity index (χ2v) is 16.1. The zero-order valence-corrected chi connectivity index (χ0v) is 24.6. The van der Waals surface area contributed by atoms with Gasteiger partial charge < -0.3 is 4.43 Å². The van der Waals surface area contributed by atoms with E-state index in [-0.39, 0.29) is 5.04 Å². The van der Waals surface area contributed by atoms with E-state index < -0.39 is 8.32 Å². The minimum Gasteiger partial charge on any atom is -0.407 e. The molecule has 3 aromatic carbocycles. The minimum atomic E-state index is -2.49. The zero-order valence-electron chi connectivity index (χ0n) is 20.4. The Morgan fingerprint density at radius 3 is 1.77 bits per heavy atom. The number of rotatable bonds is 6. The summed E-state index contributed by atoms with van der Waals surface area (Å²) in [7, 11) is -2.49. The minimum absolute atomic E-state index is 0.0227. The topological polar surface area (TPSA) is 9.23 Å². The highest BCUT2D eigenvalue weighted by molar-refractivity contribution is 9.28. The predicted octanol–water partition coefficient (Wildman–Crippen LogP) is 7.40. The molecule has 0 bridgehead atoms. The first-order chi connectivity index (χ1) is 16.8. The first kappa shape index (κ1) is 27.2. The van der Waals surface area contributed by atoms with Gasteiger partial charge in [-0.05, 0) is 65.8 Å². The van der Waals surface area contributed by atoms with Gasteiger partial charge in [-0.15, -0.1) is 0 Å². The third-order valence-electron chi connectivity index (χ3n) is 5.69. The molecule has 3 aromatic rings. The standard InChI is InChI=1S/C31H30Br2OSi/c1-31(2,3)35(28-19-11-5-12-20-28,29-21-13-6-14-22-29)34-25-15-7-10-18-27(30(32)33)24-23-26-16-8-4-9-17-26/h4-6,8-9,11-14,16-17,19-22H,7,15,25H2,1-3H3. The number of allylic oxidation sites excluding steroid dienone is 1. The fraction of sp³-hybridized carbons (Fsp3) is 0.226. The van der Waals surface area contributed by atoms with Crippen molar-refractivity contribution in [2.75, 3.05) is 6.61 Å². The molecule has 1 nitrogen and oxygen atoms in total. The number of halogens is 2. The van der Waals surface area contributed by atoms with Crippen molar-refractivity contribution in [2.24, 2.45) is 0 Å². The fourth-order valence-electron chi connectivity index (χ4n) is 4.08. The molecule has 0 aliphatic rings. The largest absolute Gasteiger partial charge is 0.407 e. The van der Waals surface area contributed by atoms with Crippen LogP contribution in [0.4, 0.5) is 0 Å². The van der Waals surface area contributed by atoms with Crippen molar-refractivity contribution >= 4 is 50.6 Å². The predicted molar refractivity (Wildman–Crippen MR) is 159 cm³/mol. The van der Waals surface area contributed by atoms with Gasteiger partial charge in [0.1, 0.15) is 0 Å². The summed E-state index contributed by atoms with van der Waals surface area (Å²) in [5.41, 5.74) is 1.70. The first-order valence-electron chi connectivity index (χ1n) is 11.7. The third kappa shape index (κ3) is 7.32. The van der Waals surface area contributed by atoms with Crippen molar-refractivity contribution in [3.8, 4) is 23.7 Å². The van der Waals surface area contributed by atoms with E-state index in [2.05, 4.69) is 137 Å². The van der Waals surface area contributed by atoms with E-state index in [1.807, 2.05) is 30.3 Å². The van der Waals surface area contributed by atoms with Crippen LogP contribution in [0.1, 0.15) is 39.2 Å². The van der Waals surface area contributed by atoms with Crippen LogP contribution in [0.25, 0.3) is 0 Å². The van der Waals surface area contributed by atoms with Crippen molar-refractivity contribution < 1.29 is 4.43 Å². The molecule has 0 unspecified atom stereocenters. The van der Waals surface area contributed by atoms with Gasteiger partial charge in [-0.1, -0.05) is 123 Å². The van der Waals surface area contributed by atoms with Crippen LogP contribution in [0, 0.1) is 23.7 Å². The Balaban J connectivity index is 1.74. The van der Waals surface area contributed by atoms with Crippen LogP contribution in [0.15, 0.2) is 100.0 Å². The molecule has 0 spiro atoms. The van der Waals surface area contributed by atoms with Crippen molar-refractivity contribution in [3.05, 3.63) is 106 Å². The maximum absolute atomic E-state index is 6.94. The molecule has 0 heterocycles. The second-order valence-electron chi connectivity index (χ2n) is 9.17. The Hall–Kier alpha value is -2.34. The van der Waals surface area contributed by atoms with Crippen molar-refractivity contribution in [1.82, 2.24) is 0 Å². The summed E-state index contributed by atoms with van der Waals surface area (Å²) in [6.07, 6.45) is 1.60. The molecule has 0 aliphatic carbocycles. The van der Waals surface area contributed by atoms with E-state index in [0.29, 0.717) is 6.61 Å². The number of hydrogen-bond donors (Lipinski definition) is 0. The van der Waals surface area contributed by atoms with Gasteiger partial charge in [0.15, 0.2) is 0 Å². The van der Waals surface area contributed by atoms with Crippen LogP contribution in [0.3, 0.4) is 0 Å². The fourth-order valence-corrected chi connectivity index (χ4v) is 9.08. The van der Waals surface area contributed by atoms with Crippen LogP contribution < -0.4 is 10.4 Å². The third-order valence-corrected chi connectivity index (χ3v) is 11.5. The molecule has 3 rings (SSSR count). The molecule has 0 saturated heterocycles.